The van der Waals surface area contributed by atoms with E-state index in [-0.39, 0.29) is 19.0 Å². The summed E-state index contributed by atoms with van der Waals surface area (Å²) in [4.78, 5) is 0. The van der Waals surface area contributed by atoms with Crippen molar-refractivity contribution in [1.29, 1.82) is 0 Å². The number of halogens is 1. The van der Waals surface area contributed by atoms with Crippen LogP contribution in [-0.4, -0.2) is 34.6 Å². The van der Waals surface area contributed by atoms with Crippen LogP contribution in [0.3, 0.4) is 0 Å². The van der Waals surface area contributed by atoms with E-state index >= 15 is 0 Å². The first-order valence-electron chi connectivity index (χ1n) is 4.48. The third-order valence-electron chi connectivity index (χ3n) is 1.84. The molecule has 0 bridgehead atoms. The van der Waals surface area contributed by atoms with Crippen molar-refractivity contribution in [2.75, 3.05) is 13.2 Å². The van der Waals surface area contributed by atoms with Gasteiger partial charge in [-0.05, 0) is 6.07 Å². The highest BCUT2D eigenvalue weighted by Crippen LogP contribution is 2.19. The number of aliphatic hydroxyl groups is 3. The zero-order valence-corrected chi connectivity index (χ0v) is 8.06. The van der Waals surface area contributed by atoms with Crippen molar-refractivity contribution < 1.29 is 24.4 Å². The first-order chi connectivity index (χ1) is 7.17. The summed E-state index contributed by atoms with van der Waals surface area (Å²) in [6.45, 7) is -0.846. The maximum Gasteiger partial charge on any atom is 0.127 e. The van der Waals surface area contributed by atoms with Gasteiger partial charge in [-0.1, -0.05) is 6.07 Å². The van der Waals surface area contributed by atoms with Crippen molar-refractivity contribution in [2.45, 2.75) is 12.7 Å². The van der Waals surface area contributed by atoms with Gasteiger partial charge in [0.25, 0.3) is 0 Å². The summed E-state index contributed by atoms with van der Waals surface area (Å²) in [6.07, 6.45) is -1.01. The Bertz CT molecular complexity index is 316. The molecule has 0 fully saturated rings. The molecular formula is C10H13FO4. The summed E-state index contributed by atoms with van der Waals surface area (Å²) < 4.78 is 17.9. The summed E-state index contributed by atoms with van der Waals surface area (Å²) in [5.41, 5.74) is 0.432. The van der Waals surface area contributed by atoms with E-state index in [1.165, 1.54) is 12.1 Å². The molecule has 84 valence electrons. The Kier molecular flexibility index (Phi) is 4.48. The van der Waals surface area contributed by atoms with E-state index in [1.54, 1.807) is 0 Å². The number of benzene rings is 1. The first kappa shape index (κ1) is 11.9. The molecule has 0 amide bonds. The van der Waals surface area contributed by atoms with Gasteiger partial charge in [0.1, 0.15) is 24.3 Å². The largest absolute Gasteiger partial charge is 0.490 e. The zero-order valence-electron chi connectivity index (χ0n) is 8.06. The molecule has 1 atom stereocenters. The fraction of sp³-hybridized carbons (Fsp3) is 0.400. The fourth-order valence-electron chi connectivity index (χ4n) is 1.03. The van der Waals surface area contributed by atoms with Crippen LogP contribution in [0.2, 0.25) is 0 Å². The minimum Gasteiger partial charge on any atom is -0.490 e. The average molecular weight is 216 g/mol. The van der Waals surface area contributed by atoms with Crippen LogP contribution >= 0.6 is 0 Å². The standard InChI is InChI=1S/C10H13FO4/c11-8-2-1-7(4-12)10(3-8)15-6-9(14)5-13/h1-3,9,12-14H,4-6H2/t9-/m0/s1. The highest BCUT2D eigenvalue weighted by Gasteiger charge is 2.07. The van der Waals surface area contributed by atoms with E-state index in [2.05, 4.69) is 0 Å². The van der Waals surface area contributed by atoms with Crippen molar-refractivity contribution >= 4 is 0 Å². The molecule has 15 heavy (non-hydrogen) atoms. The summed E-state index contributed by atoms with van der Waals surface area (Å²) >= 11 is 0. The Hall–Kier alpha value is -1.17. The summed E-state index contributed by atoms with van der Waals surface area (Å²) in [5.74, 6) is -0.314. The van der Waals surface area contributed by atoms with E-state index in [0.29, 0.717) is 5.56 Å². The molecule has 0 aliphatic heterocycles. The number of aliphatic hydroxyl groups excluding tert-OH is 3. The van der Waals surface area contributed by atoms with Crippen LogP contribution < -0.4 is 4.74 Å². The third kappa shape index (κ3) is 3.47. The SMILES string of the molecule is OCc1ccc(F)cc1OC[C@@H](O)CO. The van der Waals surface area contributed by atoms with Crippen molar-refractivity contribution in [3.63, 3.8) is 0 Å². The second kappa shape index (κ2) is 5.65. The third-order valence-corrected chi connectivity index (χ3v) is 1.84. The quantitative estimate of drug-likeness (QED) is 0.650. The average Bonchev–Trinajstić information content (AvgIpc) is 2.26. The molecule has 0 aliphatic carbocycles. The summed E-state index contributed by atoms with van der Waals surface area (Å²) in [5, 5.41) is 26.5. The van der Waals surface area contributed by atoms with Crippen molar-refractivity contribution in [1.82, 2.24) is 0 Å². The van der Waals surface area contributed by atoms with E-state index in [4.69, 9.17) is 20.1 Å². The molecule has 0 saturated heterocycles. The van der Waals surface area contributed by atoms with Crippen LogP contribution in [0.4, 0.5) is 4.39 Å². The lowest BCUT2D eigenvalue weighted by atomic mass is 10.2. The maximum atomic E-state index is 12.8. The normalized spacial score (nSPS) is 12.5. The lowest BCUT2D eigenvalue weighted by Crippen LogP contribution is -2.21. The molecule has 0 heterocycles. The van der Waals surface area contributed by atoms with Gasteiger partial charge in [-0.2, -0.15) is 0 Å². The van der Waals surface area contributed by atoms with Gasteiger partial charge in [-0.3, -0.25) is 0 Å². The molecule has 1 rings (SSSR count). The highest BCUT2D eigenvalue weighted by atomic mass is 19.1. The minimum atomic E-state index is -1.01. The van der Waals surface area contributed by atoms with E-state index in [1.807, 2.05) is 0 Å². The maximum absolute atomic E-state index is 12.8. The molecule has 1 aromatic rings. The van der Waals surface area contributed by atoms with Gasteiger partial charge in [0.15, 0.2) is 0 Å². The molecule has 0 radical (unpaired) electrons. The van der Waals surface area contributed by atoms with Crippen LogP contribution in [0.5, 0.6) is 5.75 Å². The second-order valence-electron chi connectivity index (χ2n) is 3.06. The van der Waals surface area contributed by atoms with Crippen molar-refractivity contribution in [3.05, 3.63) is 29.6 Å². The van der Waals surface area contributed by atoms with Crippen molar-refractivity contribution in [2.24, 2.45) is 0 Å². The van der Waals surface area contributed by atoms with Gasteiger partial charge in [-0.15, -0.1) is 0 Å². The Morgan fingerprint density at radius 1 is 1.33 bits per heavy atom. The Morgan fingerprint density at radius 3 is 2.67 bits per heavy atom. The van der Waals surface area contributed by atoms with Crippen LogP contribution in [0, 0.1) is 5.82 Å². The topological polar surface area (TPSA) is 69.9 Å². The monoisotopic (exact) mass is 216 g/mol. The number of ether oxygens (including phenoxy) is 1. The molecule has 0 saturated carbocycles. The Balaban J connectivity index is 2.69. The van der Waals surface area contributed by atoms with Gasteiger partial charge in [0.05, 0.1) is 13.2 Å². The first-order valence-corrected chi connectivity index (χ1v) is 4.48. The number of hydrogen-bond donors (Lipinski definition) is 3. The number of rotatable bonds is 5. The highest BCUT2D eigenvalue weighted by molar-refractivity contribution is 5.33. The Morgan fingerprint density at radius 2 is 2.07 bits per heavy atom. The smallest absolute Gasteiger partial charge is 0.127 e. The molecule has 0 aromatic heterocycles. The lowest BCUT2D eigenvalue weighted by Gasteiger charge is -2.12. The molecule has 0 aliphatic rings. The molecule has 1 aromatic carbocycles. The van der Waals surface area contributed by atoms with Gasteiger partial charge < -0.3 is 20.1 Å². The fourth-order valence-corrected chi connectivity index (χ4v) is 1.03. The Labute approximate surface area is 86.6 Å². The molecule has 0 spiro atoms. The van der Waals surface area contributed by atoms with Crippen molar-refractivity contribution in [3.8, 4) is 5.75 Å². The van der Waals surface area contributed by atoms with Gasteiger partial charge in [0.2, 0.25) is 0 Å². The van der Waals surface area contributed by atoms with Crippen LogP contribution in [0.25, 0.3) is 0 Å². The second-order valence-corrected chi connectivity index (χ2v) is 3.06. The van der Waals surface area contributed by atoms with E-state index in [9.17, 15) is 4.39 Å². The number of hydrogen-bond acceptors (Lipinski definition) is 4. The lowest BCUT2D eigenvalue weighted by molar-refractivity contribution is 0.0527. The van der Waals surface area contributed by atoms with Gasteiger partial charge >= 0.3 is 0 Å². The van der Waals surface area contributed by atoms with Gasteiger partial charge in [-0.25, -0.2) is 4.39 Å². The minimum absolute atomic E-state index is 0.146. The summed E-state index contributed by atoms with van der Waals surface area (Å²) in [7, 11) is 0. The zero-order chi connectivity index (χ0) is 11.3. The van der Waals surface area contributed by atoms with Gasteiger partial charge in [0, 0.05) is 11.6 Å². The summed E-state index contributed by atoms with van der Waals surface area (Å²) in [6, 6.07) is 3.73. The van der Waals surface area contributed by atoms with E-state index < -0.39 is 18.5 Å². The van der Waals surface area contributed by atoms with Crippen LogP contribution in [-0.2, 0) is 6.61 Å². The van der Waals surface area contributed by atoms with Crippen LogP contribution in [0.1, 0.15) is 5.56 Å². The predicted octanol–water partition coefficient (Wildman–Crippen LogP) is 0.0500. The molecular weight excluding hydrogens is 203 g/mol. The molecule has 4 nitrogen and oxygen atoms in total. The van der Waals surface area contributed by atoms with Crippen LogP contribution in [0.15, 0.2) is 18.2 Å². The molecule has 0 unspecified atom stereocenters. The van der Waals surface area contributed by atoms with E-state index in [0.717, 1.165) is 6.07 Å². The molecule has 3 N–H and O–H groups in total. The molecule has 5 heteroatoms. The predicted molar refractivity (Wildman–Crippen MR) is 50.9 cm³/mol.